The molecule has 0 atom stereocenters. The number of aromatic nitrogens is 3. The average Bonchev–Trinajstić information content (AvgIpc) is 3.47. The molecule has 2 aromatic heterocycles. The number of nitro benzene ring substituents is 1. The number of hydrogen-bond donors (Lipinski definition) is 1. The number of nitrogens with one attached hydrogen (secondary N) is 1. The fourth-order valence-electron chi connectivity index (χ4n) is 2.93. The maximum atomic E-state index is 13.3. The number of alkyl halides is 3. The van der Waals surface area contributed by atoms with Gasteiger partial charge in [0.25, 0.3) is 11.6 Å². The fourth-order valence-corrected chi connectivity index (χ4v) is 3.69. The van der Waals surface area contributed by atoms with Crippen molar-refractivity contribution >= 4 is 29.1 Å². The standard InChI is InChI=1S/C21H13F3N6O3S/c22-21(23,24)18-10-17(13-6-2-1-3-7-13)29(28-18)20-26-15(12-34-20)19(31)27-25-11-14-8-4-5-9-16(14)30(32)33/h1-12H,(H,27,31). The molecule has 13 heteroatoms. The van der Waals surface area contributed by atoms with E-state index in [9.17, 15) is 28.1 Å². The van der Waals surface area contributed by atoms with Crippen molar-refractivity contribution in [2.75, 3.05) is 0 Å². The van der Waals surface area contributed by atoms with Crippen LogP contribution < -0.4 is 5.43 Å². The van der Waals surface area contributed by atoms with E-state index in [4.69, 9.17) is 0 Å². The molecule has 172 valence electrons. The Morgan fingerprint density at radius 1 is 1.15 bits per heavy atom. The molecule has 0 unspecified atom stereocenters. The van der Waals surface area contributed by atoms with E-state index in [1.807, 2.05) is 0 Å². The minimum absolute atomic E-state index is 0.0437. The third-order valence-electron chi connectivity index (χ3n) is 4.48. The third kappa shape index (κ3) is 4.83. The monoisotopic (exact) mass is 486 g/mol. The summed E-state index contributed by atoms with van der Waals surface area (Å²) >= 11 is 0.920. The van der Waals surface area contributed by atoms with Gasteiger partial charge in [-0.05, 0) is 12.1 Å². The number of nitrogens with zero attached hydrogens (tertiary/aromatic N) is 5. The molecule has 0 spiro atoms. The van der Waals surface area contributed by atoms with Crippen LogP contribution in [-0.4, -0.2) is 31.8 Å². The highest BCUT2D eigenvalue weighted by Gasteiger charge is 2.35. The number of halogens is 3. The van der Waals surface area contributed by atoms with Crippen LogP contribution in [0.2, 0.25) is 0 Å². The van der Waals surface area contributed by atoms with Crippen LogP contribution in [0.4, 0.5) is 18.9 Å². The third-order valence-corrected chi connectivity index (χ3v) is 5.29. The average molecular weight is 486 g/mol. The molecule has 0 fully saturated rings. The second kappa shape index (κ2) is 9.23. The van der Waals surface area contributed by atoms with Crippen LogP contribution in [0.5, 0.6) is 0 Å². The molecule has 9 nitrogen and oxygen atoms in total. The van der Waals surface area contributed by atoms with Gasteiger partial charge >= 0.3 is 6.18 Å². The summed E-state index contributed by atoms with van der Waals surface area (Å²) in [4.78, 5) is 26.9. The van der Waals surface area contributed by atoms with Crippen molar-refractivity contribution in [2.45, 2.75) is 6.18 Å². The number of carbonyl (C=O) groups excluding carboxylic acids is 1. The van der Waals surface area contributed by atoms with Crippen molar-refractivity contribution in [1.29, 1.82) is 0 Å². The molecular weight excluding hydrogens is 473 g/mol. The molecular formula is C21H13F3N6O3S. The van der Waals surface area contributed by atoms with E-state index >= 15 is 0 Å². The van der Waals surface area contributed by atoms with E-state index in [0.29, 0.717) is 5.56 Å². The maximum Gasteiger partial charge on any atom is 0.435 e. The summed E-state index contributed by atoms with van der Waals surface area (Å²) in [6.45, 7) is 0. The number of carbonyl (C=O) groups is 1. The Balaban J connectivity index is 1.59. The van der Waals surface area contributed by atoms with Gasteiger partial charge in [0, 0.05) is 17.0 Å². The van der Waals surface area contributed by atoms with Crippen LogP contribution in [0.3, 0.4) is 0 Å². The molecule has 2 aromatic carbocycles. The van der Waals surface area contributed by atoms with Gasteiger partial charge in [-0.2, -0.15) is 23.4 Å². The Morgan fingerprint density at radius 3 is 2.56 bits per heavy atom. The van der Waals surface area contributed by atoms with Gasteiger partial charge in [0.1, 0.15) is 5.69 Å². The number of thiazole rings is 1. The van der Waals surface area contributed by atoms with Crippen molar-refractivity contribution in [1.82, 2.24) is 20.2 Å². The molecule has 0 saturated heterocycles. The van der Waals surface area contributed by atoms with E-state index in [0.717, 1.165) is 28.3 Å². The molecule has 0 saturated carbocycles. The zero-order valence-electron chi connectivity index (χ0n) is 16.9. The van der Waals surface area contributed by atoms with Crippen LogP contribution in [0.1, 0.15) is 21.7 Å². The van der Waals surface area contributed by atoms with Crippen molar-refractivity contribution in [3.05, 3.63) is 93.1 Å². The first-order valence-electron chi connectivity index (χ1n) is 9.49. The molecule has 4 aromatic rings. The Kier molecular flexibility index (Phi) is 6.19. The lowest BCUT2D eigenvalue weighted by Crippen LogP contribution is -2.18. The Labute approximate surface area is 193 Å². The summed E-state index contributed by atoms with van der Waals surface area (Å²) in [5.74, 6) is -0.748. The normalized spacial score (nSPS) is 11.6. The summed E-state index contributed by atoms with van der Waals surface area (Å²) in [5.41, 5.74) is 1.62. The molecule has 0 aliphatic heterocycles. The SMILES string of the molecule is O=C(NN=Cc1ccccc1[N+](=O)[O-])c1csc(-n2nc(C(F)(F)F)cc2-c2ccccc2)n1. The zero-order chi connectivity index (χ0) is 24.3. The van der Waals surface area contributed by atoms with Gasteiger partial charge < -0.3 is 0 Å². The van der Waals surface area contributed by atoms with Crippen LogP contribution in [0.15, 0.2) is 71.1 Å². The Morgan fingerprint density at radius 2 is 1.85 bits per heavy atom. The van der Waals surface area contributed by atoms with E-state index in [1.165, 1.54) is 23.6 Å². The van der Waals surface area contributed by atoms with Crippen molar-refractivity contribution in [3.63, 3.8) is 0 Å². The predicted octanol–water partition coefficient (Wildman–Crippen LogP) is 4.69. The summed E-state index contributed by atoms with van der Waals surface area (Å²) in [6.07, 6.45) is -3.55. The van der Waals surface area contributed by atoms with Crippen molar-refractivity contribution < 1.29 is 22.9 Å². The first kappa shape index (κ1) is 22.8. The molecule has 2 heterocycles. The Hall–Kier alpha value is -4.39. The summed E-state index contributed by atoms with van der Waals surface area (Å²) in [6, 6.07) is 15.1. The molecule has 4 rings (SSSR count). The molecule has 34 heavy (non-hydrogen) atoms. The summed E-state index contributed by atoms with van der Waals surface area (Å²) in [5, 5.41) is 19.8. The minimum Gasteiger partial charge on any atom is -0.266 e. The van der Waals surface area contributed by atoms with Crippen molar-refractivity contribution in [2.24, 2.45) is 5.10 Å². The zero-order valence-corrected chi connectivity index (χ0v) is 17.7. The Bertz CT molecular complexity index is 1380. The van der Waals surface area contributed by atoms with E-state index in [-0.39, 0.29) is 27.8 Å². The first-order chi connectivity index (χ1) is 16.2. The van der Waals surface area contributed by atoms with Gasteiger partial charge in [-0.1, -0.05) is 42.5 Å². The van der Waals surface area contributed by atoms with Crippen LogP contribution in [0.25, 0.3) is 16.4 Å². The lowest BCUT2D eigenvalue weighted by Gasteiger charge is -2.03. The number of nitro groups is 1. The highest BCUT2D eigenvalue weighted by molar-refractivity contribution is 7.12. The fraction of sp³-hybridized carbons (Fsp3) is 0.0476. The number of hydrogen-bond acceptors (Lipinski definition) is 7. The number of para-hydroxylation sites is 1. The van der Waals surface area contributed by atoms with Crippen LogP contribution in [0, 0.1) is 10.1 Å². The van der Waals surface area contributed by atoms with Gasteiger partial charge in [0.2, 0.25) is 5.13 Å². The lowest BCUT2D eigenvalue weighted by atomic mass is 10.1. The van der Waals surface area contributed by atoms with E-state index in [1.54, 1.807) is 36.4 Å². The molecule has 0 aliphatic carbocycles. The van der Waals surface area contributed by atoms with Gasteiger partial charge in [-0.15, -0.1) is 11.3 Å². The number of rotatable bonds is 6. The van der Waals surface area contributed by atoms with Crippen molar-refractivity contribution in [3.8, 4) is 16.4 Å². The van der Waals surface area contributed by atoms with Gasteiger partial charge in [-0.25, -0.2) is 15.1 Å². The molecule has 1 N–H and O–H groups in total. The molecule has 0 radical (unpaired) electrons. The second-order valence-corrected chi connectivity index (χ2v) is 7.56. The van der Waals surface area contributed by atoms with E-state index < -0.39 is 22.7 Å². The number of benzene rings is 2. The van der Waals surface area contributed by atoms with Gasteiger partial charge in [-0.3, -0.25) is 14.9 Å². The summed E-state index contributed by atoms with van der Waals surface area (Å²) in [7, 11) is 0. The number of hydrazone groups is 1. The predicted molar refractivity (Wildman–Crippen MR) is 118 cm³/mol. The minimum atomic E-state index is -4.67. The van der Waals surface area contributed by atoms with Gasteiger partial charge in [0.05, 0.1) is 22.4 Å². The molecule has 0 bridgehead atoms. The highest BCUT2D eigenvalue weighted by Crippen LogP contribution is 2.33. The van der Waals surface area contributed by atoms with E-state index in [2.05, 4.69) is 20.6 Å². The van der Waals surface area contributed by atoms with Crippen LogP contribution >= 0.6 is 11.3 Å². The lowest BCUT2D eigenvalue weighted by molar-refractivity contribution is -0.385. The molecule has 1 amide bonds. The summed E-state index contributed by atoms with van der Waals surface area (Å²) < 4.78 is 40.9. The quantitative estimate of drug-likeness (QED) is 0.241. The smallest absolute Gasteiger partial charge is 0.266 e. The van der Waals surface area contributed by atoms with Crippen LogP contribution in [-0.2, 0) is 6.18 Å². The first-order valence-corrected chi connectivity index (χ1v) is 10.4. The second-order valence-electron chi connectivity index (χ2n) is 6.72. The van der Waals surface area contributed by atoms with Gasteiger partial charge in [0.15, 0.2) is 5.69 Å². The maximum absolute atomic E-state index is 13.3. The highest BCUT2D eigenvalue weighted by atomic mass is 32.1. The largest absolute Gasteiger partial charge is 0.435 e. The molecule has 0 aliphatic rings. The number of amides is 1. The topological polar surface area (TPSA) is 115 Å².